The number of amides is 1. The van der Waals surface area contributed by atoms with Crippen molar-refractivity contribution in [3.63, 3.8) is 0 Å². The van der Waals surface area contributed by atoms with E-state index in [1.807, 2.05) is 37.3 Å². The molecule has 4 aromatic rings. The minimum atomic E-state index is -4.89. The molecule has 0 unspecified atom stereocenters. The number of nitrogens with zero attached hydrogens (tertiary/aromatic N) is 3. The number of alkyl halides is 3. The standard InChI is InChI=1S/C31H31F4N5O2/c1-17(2)23-15-25(41)39-29(37-23)26-22(31(33,34)35)9-7-21(27(26)32)16-36-30(42)20-11-13-40(14-12-20)24-10-8-19-6-4-5-18(3)28(19)38-24/h4-10,15,17,20H,11-14,16H2,1-3H3,(H,36,42)(H,37,39,41). The van der Waals surface area contributed by atoms with Crippen molar-refractivity contribution in [3.8, 4) is 11.4 Å². The van der Waals surface area contributed by atoms with Crippen molar-refractivity contribution in [1.29, 1.82) is 0 Å². The third-order valence-electron chi connectivity index (χ3n) is 7.67. The van der Waals surface area contributed by atoms with Gasteiger partial charge < -0.3 is 15.2 Å². The molecule has 0 saturated carbocycles. The van der Waals surface area contributed by atoms with Gasteiger partial charge >= 0.3 is 6.18 Å². The highest BCUT2D eigenvalue weighted by Gasteiger charge is 2.37. The van der Waals surface area contributed by atoms with Crippen LogP contribution in [0.3, 0.4) is 0 Å². The lowest BCUT2D eigenvalue weighted by molar-refractivity contribution is -0.137. The molecule has 0 spiro atoms. The maximum absolute atomic E-state index is 15.7. The van der Waals surface area contributed by atoms with Gasteiger partial charge in [-0.15, -0.1) is 0 Å². The molecule has 3 heterocycles. The maximum atomic E-state index is 15.7. The van der Waals surface area contributed by atoms with E-state index in [1.54, 1.807) is 13.8 Å². The Kier molecular flexibility index (Phi) is 8.03. The van der Waals surface area contributed by atoms with Gasteiger partial charge in [0.2, 0.25) is 5.91 Å². The van der Waals surface area contributed by atoms with Crippen LogP contribution in [0.1, 0.15) is 55.0 Å². The van der Waals surface area contributed by atoms with E-state index in [0.29, 0.717) is 25.9 Å². The van der Waals surface area contributed by atoms with Crippen LogP contribution in [0, 0.1) is 18.7 Å². The number of rotatable bonds is 6. The van der Waals surface area contributed by atoms with Crippen LogP contribution in [-0.4, -0.2) is 33.9 Å². The van der Waals surface area contributed by atoms with Gasteiger partial charge in [0.1, 0.15) is 17.5 Å². The Morgan fingerprint density at radius 3 is 2.52 bits per heavy atom. The van der Waals surface area contributed by atoms with E-state index >= 15 is 4.39 Å². The molecule has 2 aromatic carbocycles. The molecule has 2 aromatic heterocycles. The lowest BCUT2D eigenvalue weighted by Crippen LogP contribution is -2.40. The summed E-state index contributed by atoms with van der Waals surface area (Å²) in [5.41, 5.74) is -0.683. The van der Waals surface area contributed by atoms with Crippen LogP contribution in [0.4, 0.5) is 23.4 Å². The molecule has 1 saturated heterocycles. The van der Waals surface area contributed by atoms with Gasteiger partial charge in [0.15, 0.2) is 0 Å². The Bertz CT molecular complexity index is 1690. The molecule has 1 aliphatic rings. The van der Waals surface area contributed by atoms with Gasteiger partial charge in [0.25, 0.3) is 5.56 Å². The number of aromatic nitrogens is 3. The number of nitrogens with one attached hydrogen (secondary N) is 2. The fraction of sp³-hybridized carbons (Fsp3) is 0.355. The molecular formula is C31H31F4N5O2. The third kappa shape index (κ3) is 6.00. The molecule has 2 N–H and O–H groups in total. The van der Waals surface area contributed by atoms with Crippen molar-refractivity contribution < 1.29 is 22.4 Å². The van der Waals surface area contributed by atoms with Crippen LogP contribution in [0.25, 0.3) is 22.3 Å². The number of aryl methyl sites for hydroxylation is 1. The molecule has 0 atom stereocenters. The Balaban J connectivity index is 1.30. The number of hydrogen-bond acceptors (Lipinski definition) is 5. The topological polar surface area (TPSA) is 91.0 Å². The Morgan fingerprint density at radius 2 is 1.83 bits per heavy atom. The first kappa shape index (κ1) is 29.2. The van der Waals surface area contributed by atoms with E-state index < -0.39 is 34.5 Å². The number of H-pyrrole nitrogens is 1. The van der Waals surface area contributed by atoms with Crippen molar-refractivity contribution in [2.45, 2.75) is 52.3 Å². The number of para-hydroxylation sites is 1. The second-order valence-electron chi connectivity index (χ2n) is 10.9. The van der Waals surface area contributed by atoms with E-state index in [2.05, 4.69) is 20.2 Å². The monoisotopic (exact) mass is 581 g/mol. The number of anilines is 1. The second-order valence-corrected chi connectivity index (χ2v) is 10.9. The van der Waals surface area contributed by atoms with Gasteiger partial charge in [-0.2, -0.15) is 13.2 Å². The minimum Gasteiger partial charge on any atom is -0.357 e. The first-order chi connectivity index (χ1) is 19.9. The molecule has 0 aliphatic carbocycles. The molecule has 7 nitrogen and oxygen atoms in total. The molecule has 1 fully saturated rings. The van der Waals surface area contributed by atoms with E-state index in [-0.39, 0.29) is 35.5 Å². The van der Waals surface area contributed by atoms with Gasteiger partial charge in [0.05, 0.1) is 22.3 Å². The number of aromatic amines is 1. The van der Waals surface area contributed by atoms with Crippen LogP contribution in [0.5, 0.6) is 0 Å². The highest BCUT2D eigenvalue weighted by atomic mass is 19.4. The zero-order chi connectivity index (χ0) is 30.2. The summed E-state index contributed by atoms with van der Waals surface area (Å²) >= 11 is 0. The number of fused-ring (bicyclic) bond motifs is 1. The summed E-state index contributed by atoms with van der Waals surface area (Å²) in [6, 6.07) is 12.9. The SMILES string of the molecule is Cc1cccc2ccc(N3CCC(C(=O)NCc4ccc(C(F)(F)F)c(-c5nc(C(C)C)cc(=O)[nH]5)c4F)CC3)nc12. The smallest absolute Gasteiger partial charge is 0.357 e. The normalized spacial score (nSPS) is 14.5. The maximum Gasteiger partial charge on any atom is 0.417 e. The van der Waals surface area contributed by atoms with Crippen LogP contribution < -0.4 is 15.8 Å². The van der Waals surface area contributed by atoms with E-state index in [4.69, 9.17) is 4.98 Å². The number of piperidine rings is 1. The minimum absolute atomic E-state index is 0.142. The number of halogens is 4. The van der Waals surface area contributed by atoms with E-state index in [9.17, 15) is 22.8 Å². The molecule has 11 heteroatoms. The van der Waals surface area contributed by atoms with Gasteiger partial charge in [-0.25, -0.2) is 14.4 Å². The Hall–Kier alpha value is -4.28. The molecule has 1 amide bonds. The fourth-order valence-corrected chi connectivity index (χ4v) is 5.27. The number of benzene rings is 2. The van der Waals surface area contributed by atoms with Gasteiger partial charge in [-0.1, -0.05) is 38.1 Å². The van der Waals surface area contributed by atoms with Crippen LogP contribution in [0.15, 0.2) is 53.3 Å². The summed E-state index contributed by atoms with van der Waals surface area (Å²) in [6.07, 6.45) is -3.79. The third-order valence-corrected chi connectivity index (χ3v) is 7.67. The lowest BCUT2D eigenvalue weighted by atomic mass is 9.95. The largest absolute Gasteiger partial charge is 0.417 e. The Morgan fingerprint density at radius 1 is 1.10 bits per heavy atom. The average Bonchev–Trinajstić information content (AvgIpc) is 2.95. The summed E-state index contributed by atoms with van der Waals surface area (Å²) in [7, 11) is 0. The predicted octanol–water partition coefficient (Wildman–Crippen LogP) is 6.11. The quantitative estimate of drug-likeness (QED) is 0.268. The molecule has 0 bridgehead atoms. The Labute approximate surface area is 240 Å². The molecule has 42 heavy (non-hydrogen) atoms. The molecule has 0 radical (unpaired) electrons. The summed E-state index contributed by atoms with van der Waals surface area (Å²) in [4.78, 5) is 38.4. The number of carbonyl (C=O) groups excluding carboxylic acids is 1. The van der Waals surface area contributed by atoms with Crippen molar-refractivity contribution in [3.05, 3.63) is 87.1 Å². The predicted molar refractivity (Wildman–Crippen MR) is 153 cm³/mol. The highest BCUT2D eigenvalue weighted by molar-refractivity contribution is 5.83. The van der Waals surface area contributed by atoms with E-state index in [1.165, 1.54) is 6.07 Å². The highest BCUT2D eigenvalue weighted by Crippen LogP contribution is 2.38. The average molecular weight is 582 g/mol. The number of hydrogen-bond donors (Lipinski definition) is 2. The summed E-state index contributed by atoms with van der Waals surface area (Å²) in [5.74, 6) is -1.76. The van der Waals surface area contributed by atoms with E-state index in [0.717, 1.165) is 34.4 Å². The lowest BCUT2D eigenvalue weighted by Gasteiger charge is -2.32. The molecule has 220 valence electrons. The molecule has 1 aliphatic heterocycles. The number of carbonyl (C=O) groups is 1. The van der Waals surface area contributed by atoms with Gasteiger partial charge in [-0.3, -0.25) is 9.59 Å². The summed E-state index contributed by atoms with van der Waals surface area (Å²) in [6.45, 7) is 6.36. The zero-order valence-electron chi connectivity index (χ0n) is 23.5. The second kappa shape index (κ2) is 11.5. The van der Waals surface area contributed by atoms with Crippen molar-refractivity contribution in [2.24, 2.45) is 5.92 Å². The summed E-state index contributed by atoms with van der Waals surface area (Å²) < 4.78 is 57.2. The van der Waals surface area contributed by atoms with Crippen molar-refractivity contribution >= 4 is 22.6 Å². The van der Waals surface area contributed by atoms with Gasteiger partial charge in [-0.05, 0) is 49.4 Å². The zero-order valence-corrected chi connectivity index (χ0v) is 23.5. The fourth-order valence-electron chi connectivity index (χ4n) is 5.27. The van der Waals surface area contributed by atoms with Crippen LogP contribution in [-0.2, 0) is 17.5 Å². The van der Waals surface area contributed by atoms with Crippen LogP contribution in [0.2, 0.25) is 0 Å². The van der Waals surface area contributed by atoms with Gasteiger partial charge in [0, 0.05) is 42.6 Å². The van der Waals surface area contributed by atoms with Crippen molar-refractivity contribution in [2.75, 3.05) is 18.0 Å². The summed E-state index contributed by atoms with van der Waals surface area (Å²) in [5, 5.41) is 3.74. The number of pyridine rings is 1. The first-order valence-electron chi connectivity index (χ1n) is 13.8. The molecule has 5 rings (SSSR count). The van der Waals surface area contributed by atoms with Crippen LogP contribution >= 0.6 is 0 Å². The van der Waals surface area contributed by atoms with Crippen molar-refractivity contribution in [1.82, 2.24) is 20.3 Å². The molecular weight excluding hydrogens is 550 g/mol. The first-order valence-corrected chi connectivity index (χ1v) is 13.8.